The second-order valence-electron chi connectivity index (χ2n) is 6.05. The lowest BCUT2D eigenvalue weighted by atomic mass is 9.86. The molecule has 1 aliphatic heterocycles. The van der Waals surface area contributed by atoms with Crippen molar-refractivity contribution in [3.63, 3.8) is 0 Å². The van der Waals surface area contributed by atoms with Crippen molar-refractivity contribution in [2.75, 3.05) is 13.1 Å². The van der Waals surface area contributed by atoms with Gasteiger partial charge in [0.25, 0.3) is 5.91 Å². The standard InChI is InChI=1S/C14H27NO2/c1-10(2)9-13(16)14(17)15-7-5-12(6-8-15)11(3)4/h10-13,16H,5-9H2,1-4H3/t13-/m1/s1. The molecular weight excluding hydrogens is 214 g/mol. The molecule has 0 saturated carbocycles. The van der Waals surface area contributed by atoms with E-state index in [2.05, 4.69) is 13.8 Å². The number of hydrogen-bond acceptors (Lipinski definition) is 2. The quantitative estimate of drug-likeness (QED) is 0.820. The lowest BCUT2D eigenvalue weighted by molar-refractivity contribution is -0.142. The molecule has 1 rings (SSSR count). The lowest BCUT2D eigenvalue weighted by Gasteiger charge is -2.35. The molecule has 17 heavy (non-hydrogen) atoms. The number of aliphatic hydroxyl groups is 1. The van der Waals surface area contributed by atoms with Gasteiger partial charge in [-0.05, 0) is 37.0 Å². The van der Waals surface area contributed by atoms with Crippen LogP contribution < -0.4 is 0 Å². The monoisotopic (exact) mass is 241 g/mol. The number of aliphatic hydroxyl groups excluding tert-OH is 1. The summed E-state index contributed by atoms with van der Waals surface area (Å²) in [5.74, 6) is 1.73. The molecule has 1 aliphatic rings. The first-order chi connectivity index (χ1) is 7.91. The Bertz CT molecular complexity index is 243. The van der Waals surface area contributed by atoms with Crippen LogP contribution in [0.25, 0.3) is 0 Å². The van der Waals surface area contributed by atoms with Crippen LogP contribution in [0.2, 0.25) is 0 Å². The Kier molecular flexibility index (Phi) is 5.44. The number of rotatable bonds is 4. The number of amides is 1. The lowest BCUT2D eigenvalue weighted by Crippen LogP contribution is -2.44. The molecule has 0 unspecified atom stereocenters. The molecule has 0 bridgehead atoms. The van der Waals surface area contributed by atoms with E-state index in [1.807, 2.05) is 18.7 Å². The van der Waals surface area contributed by atoms with Gasteiger partial charge in [0.2, 0.25) is 0 Å². The Morgan fingerprint density at radius 2 is 1.76 bits per heavy atom. The average Bonchev–Trinajstić information content (AvgIpc) is 2.27. The summed E-state index contributed by atoms with van der Waals surface area (Å²) in [6.45, 7) is 10.2. The maximum Gasteiger partial charge on any atom is 0.251 e. The van der Waals surface area contributed by atoms with Crippen molar-refractivity contribution < 1.29 is 9.90 Å². The molecule has 0 aromatic carbocycles. The summed E-state index contributed by atoms with van der Waals surface area (Å²) < 4.78 is 0. The molecule has 100 valence electrons. The number of carbonyl (C=O) groups is 1. The number of hydrogen-bond donors (Lipinski definition) is 1. The molecule has 0 radical (unpaired) electrons. The molecule has 3 heteroatoms. The third kappa shape index (κ3) is 4.30. The van der Waals surface area contributed by atoms with E-state index in [0.29, 0.717) is 18.3 Å². The Hall–Kier alpha value is -0.570. The summed E-state index contributed by atoms with van der Waals surface area (Å²) in [4.78, 5) is 13.8. The first-order valence-electron chi connectivity index (χ1n) is 6.88. The normalized spacial score (nSPS) is 20.1. The fourth-order valence-electron chi connectivity index (χ4n) is 2.54. The molecule has 1 atom stereocenters. The van der Waals surface area contributed by atoms with E-state index in [9.17, 15) is 9.90 Å². The second-order valence-corrected chi connectivity index (χ2v) is 6.05. The van der Waals surface area contributed by atoms with Crippen molar-refractivity contribution >= 4 is 5.91 Å². The summed E-state index contributed by atoms with van der Waals surface area (Å²) in [6.07, 6.45) is 1.93. The molecule has 0 aromatic heterocycles. The number of carbonyl (C=O) groups excluding carboxylic acids is 1. The van der Waals surface area contributed by atoms with Gasteiger partial charge in [0.1, 0.15) is 6.10 Å². The summed E-state index contributed by atoms with van der Waals surface area (Å²) in [7, 11) is 0. The first-order valence-corrected chi connectivity index (χ1v) is 6.88. The molecule has 1 amide bonds. The van der Waals surface area contributed by atoms with E-state index in [0.717, 1.165) is 31.8 Å². The SMILES string of the molecule is CC(C)C[C@@H](O)C(=O)N1CCC(C(C)C)CC1. The number of nitrogens with zero attached hydrogens (tertiary/aromatic N) is 1. The van der Waals surface area contributed by atoms with Crippen LogP contribution in [0.1, 0.15) is 47.0 Å². The minimum Gasteiger partial charge on any atom is -0.383 e. The summed E-state index contributed by atoms with van der Waals surface area (Å²) in [5.41, 5.74) is 0. The van der Waals surface area contributed by atoms with Gasteiger partial charge in [-0.15, -0.1) is 0 Å². The Labute approximate surface area is 105 Å². The minimum atomic E-state index is -0.800. The zero-order chi connectivity index (χ0) is 13.0. The minimum absolute atomic E-state index is 0.0686. The molecule has 1 saturated heterocycles. The van der Waals surface area contributed by atoms with Crippen LogP contribution in [0.15, 0.2) is 0 Å². The van der Waals surface area contributed by atoms with Crippen LogP contribution in [0.4, 0.5) is 0 Å². The molecule has 3 nitrogen and oxygen atoms in total. The largest absolute Gasteiger partial charge is 0.383 e. The molecule has 1 fully saturated rings. The van der Waals surface area contributed by atoms with Crippen LogP contribution in [0, 0.1) is 17.8 Å². The van der Waals surface area contributed by atoms with Gasteiger partial charge in [0, 0.05) is 13.1 Å². The van der Waals surface area contributed by atoms with E-state index in [1.165, 1.54) is 0 Å². The van der Waals surface area contributed by atoms with E-state index >= 15 is 0 Å². The highest BCUT2D eigenvalue weighted by Crippen LogP contribution is 2.25. The highest BCUT2D eigenvalue weighted by Gasteiger charge is 2.28. The summed E-state index contributed by atoms with van der Waals surface area (Å²) in [5, 5.41) is 9.82. The van der Waals surface area contributed by atoms with Crippen molar-refractivity contribution in [2.45, 2.75) is 53.1 Å². The molecule has 1 heterocycles. The van der Waals surface area contributed by atoms with Crippen LogP contribution >= 0.6 is 0 Å². The van der Waals surface area contributed by atoms with E-state index in [4.69, 9.17) is 0 Å². The van der Waals surface area contributed by atoms with Gasteiger partial charge >= 0.3 is 0 Å². The van der Waals surface area contributed by atoms with Gasteiger partial charge in [-0.3, -0.25) is 4.79 Å². The molecular formula is C14H27NO2. The van der Waals surface area contributed by atoms with Crippen molar-refractivity contribution in [3.8, 4) is 0 Å². The fraction of sp³-hybridized carbons (Fsp3) is 0.929. The van der Waals surface area contributed by atoms with Gasteiger partial charge in [-0.1, -0.05) is 27.7 Å². The van der Waals surface area contributed by atoms with Crippen molar-refractivity contribution in [3.05, 3.63) is 0 Å². The van der Waals surface area contributed by atoms with Gasteiger partial charge in [0.05, 0.1) is 0 Å². The second kappa shape index (κ2) is 6.39. The summed E-state index contributed by atoms with van der Waals surface area (Å²) >= 11 is 0. The van der Waals surface area contributed by atoms with Crippen LogP contribution in [0.5, 0.6) is 0 Å². The number of piperidine rings is 1. The summed E-state index contributed by atoms with van der Waals surface area (Å²) in [6, 6.07) is 0. The van der Waals surface area contributed by atoms with E-state index in [1.54, 1.807) is 0 Å². The van der Waals surface area contributed by atoms with E-state index < -0.39 is 6.10 Å². The predicted molar refractivity (Wildman–Crippen MR) is 69.6 cm³/mol. The Balaban J connectivity index is 2.40. The third-order valence-corrected chi connectivity index (χ3v) is 3.77. The van der Waals surface area contributed by atoms with Gasteiger partial charge in [0.15, 0.2) is 0 Å². The first kappa shape index (κ1) is 14.5. The topological polar surface area (TPSA) is 40.5 Å². The van der Waals surface area contributed by atoms with Gasteiger partial charge in [-0.2, -0.15) is 0 Å². The van der Waals surface area contributed by atoms with Crippen molar-refractivity contribution in [1.29, 1.82) is 0 Å². The molecule has 0 aromatic rings. The van der Waals surface area contributed by atoms with Crippen molar-refractivity contribution in [1.82, 2.24) is 4.90 Å². The highest BCUT2D eigenvalue weighted by atomic mass is 16.3. The third-order valence-electron chi connectivity index (χ3n) is 3.77. The van der Waals surface area contributed by atoms with Crippen LogP contribution in [0.3, 0.4) is 0 Å². The zero-order valence-corrected chi connectivity index (χ0v) is 11.6. The van der Waals surface area contributed by atoms with Gasteiger partial charge in [-0.25, -0.2) is 0 Å². The maximum atomic E-state index is 12.0. The van der Waals surface area contributed by atoms with Crippen LogP contribution in [-0.2, 0) is 4.79 Å². The Morgan fingerprint density at radius 1 is 1.24 bits per heavy atom. The van der Waals surface area contributed by atoms with Crippen LogP contribution in [-0.4, -0.2) is 35.1 Å². The van der Waals surface area contributed by atoms with Gasteiger partial charge < -0.3 is 10.0 Å². The highest BCUT2D eigenvalue weighted by molar-refractivity contribution is 5.80. The molecule has 0 spiro atoms. The predicted octanol–water partition coefficient (Wildman–Crippen LogP) is 2.29. The van der Waals surface area contributed by atoms with Crippen molar-refractivity contribution in [2.24, 2.45) is 17.8 Å². The smallest absolute Gasteiger partial charge is 0.251 e. The Morgan fingerprint density at radius 3 is 2.18 bits per heavy atom. The average molecular weight is 241 g/mol. The fourth-order valence-corrected chi connectivity index (χ4v) is 2.54. The maximum absolute atomic E-state index is 12.0. The molecule has 1 N–H and O–H groups in total. The van der Waals surface area contributed by atoms with E-state index in [-0.39, 0.29) is 5.91 Å². The molecule has 0 aliphatic carbocycles. The zero-order valence-electron chi connectivity index (χ0n) is 11.6. The number of likely N-dealkylation sites (tertiary alicyclic amines) is 1.